The summed E-state index contributed by atoms with van der Waals surface area (Å²) in [6.07, 6.45) is 3.73. The minimum atomic E-state index is -3.46. The molecular formula is C33H41N5O4S. The van der Waals surface area contributed by atoms with Gasteiger partial charge in [-0.1, -0.05) is 69.3 Å². The fourth-order valence-electron chi connectivity index (χ4n) is 5.11. The topological polar surface area (TPSA) is 108 Å². The van der Waals surface area contributed by atoms with Crippen molar-refractivity contribution in [2.45, 2.75) is 83.6 Å². The monoisotopic (exact) mass is 603 g/mol. The van der Waals surface area contributed by atoms with E-state index in [2.05, 4.69) is 66.9 Å². The van der Waals surface area contributed by atoms with Gasteiger partial charge in [0.1, 0.15) is 5.82 Å². The van der Waals surface area contributed by atoms with Gasteiger partial charge < -0.3 is 4.74 Å². The molecule has 2 aromatic carbocycles. The largest absolute Gasteiger partial charge is 0.493 e. The summed E-state index contributed by atoms with van der Waals surface area (Å²) >= 11 is 0. The number of hydrogen-bond donors (Lipinski definition) is 1. The highest BCUT2D eigenvalue weighted by Gasteiger charge is 2.36. The van der Waals surface area contributed by atoms with Crippen LogP contribution in [0.2, 0.25) is 0 Å². The van der Waals surface area contributed by atoms with Gasteiger partial charge in [-0.15, -0.1) is 0 Å². The van der Waals surface area contributed by atoms with Gasteiger partial charge in [0.25, 0.3) is 0 Å². The first-order valence-electron chi connectivity index (χ1n) is 14.9. The van der Waals surface area contributed by atoms with Crippen molar-refractivity contribution >= 4 is 15.8 Å². The molecule has 1 aliphatic rings. The number of rotatable bonds is 12. The molecule has 0 atom stereocenters. The molecule has 0 amide bonds. The van der Waals surface area contributed by atoms with Crippen molar-refractivity contribution in [3.8, 4) is 17.0 Å². The lowest BCUT2D eigenvalue weighted by molar-refractivity contribution is 0.415. The number of methoxy groups -OCH3 is 1. The molecule has 1 aliphatic carbocycles. The van der Waals surface area contributed by atoms with Gasteiger partial charge in [0.2, 0.25) is 10.0 Å². The van der Waals surface area contributed by atoms with Gasteiger partial charge in [-0.2, -0.15) is 5.10 Å². The zero-order valence-electron chi connectivity index (χ0n) is 25.6. The summed E-state index contributed by atoms with van der Waals surface area (Å²) in [5, 5.41) is 4.34. The van der Waals surface area contributed by atoms with Gasteiger partial charge in [0, 0.05) is 18.5 Å². The first kappa shape index (κ1) is 30.5. The Morgan fingerprint density at radius 3 is 2.23 bits per heavy atom. The van der Waals surface area contributed by atoms with Crippen molar-refractivity contribution in [1.29, 1.82) is 0 Å². The van der Waals surface area contributed by atoms with Gasteiger partial charge in [0.15, 0.2) is 11.6 Å². The molecule has 9 nitrogen and oxygen atoms in total. The van der Waals surface area contributed by atoms with Crippen LogP contribution in [-0.4, -0.2) is 40.1 Å². The van der Waals surface area contributed by atoms with Crippen LogP contribution in [0.4, 0.5) is 5.82 Å². The van der Waals surface area contributed by atoms with Crippen molar-refractivity contribution < 1.29 is 13.2 Å². The Balaban J connectivity index is 1.22. The Labute approximate surface area is 254 Å². The molecule has 1 N–H and O–H groups in total. The van der Waals surface area contributed by atoms with E-state index in [4.69, 9.17) is 9.84 Å². The van der Waals surface area contributed by atoms with Crippen molar-refractivity contribution in [2.24, 2.45) is 0 Å². The quantitative estimate of drug-likeness (QED) is 0.227. The van der Waals surface area contributed by atoms with Crippen LogP contribution >= 0.6 is 0 Å². The highest BCUT2D eigenvalue weighted by Crippen LogP contribution is 2.33. The van der Waals surface area contributed by atoms with Crippen LogP contribution in [0.3, 0.4) is 0 Å². The second kappa shape index (κ2) is 12.4. The molecule has 0 aliphatic heterocycles. The highest BCUT2D eigenvalue weighted by atomic mass is 32.2. The van der Waals surface area contributed by atoms with Crippen LogP contribution in [0.1, 0.15) is 69.5 Å². The smallest absolute Gasteiger partial charge is 0.346 e. The average molecular weight is 604 g/mol. The predicted octanol–water partition coefficient (Wildman–Crippen LogP) is 5.56. The van der Waals surface area contributed by atoms with Crippen molar-refractivity contribution in [3.63, 3.8) is 0 Å². The molecule has 4 aromatic rings. The predicted molar refractivity (Wildman–Crippen MR) is 170 cm³/mol. The van der Waals surface area contributed by atoms with E-state index < -0.39 is 10.0 Å². The van der Waals surface area contributed by atoms with Crippen LogP contribution in [0, 0.1) is 0 Å². The number of nitrogens with one attached hydrogen (secondary N) is 1. The van der Waals surface area contributed by atoms with Crippen molar-refractivity contribution in [1.82, 2.24) is 19.3 Å². The summed E-state index contributed by atoms with van der Waals surface area (Å²) in [5.74, 6) is 1.40. The number of anilines is 1. The van der Waals surface area contributed by atoms with E-state index >= 15 is 0 Å². The third-order valence-electron chi connectivity index (χ3n) is 7.86. The van der Waals surface area contributed by atoms with E-state index in [0.717, 1.165) is 35.4 Å². The highest BCUT2D eigenvalue weighted by molar-refractivity contribution is 7.93. The number of aryl methyl sites for hydroxylation is 2. The van der Waals surface area contributed by atoms with E-state index in [0.29, 0.717) is 43.8 Å². The zero-order valence-corrected chi connectivity index (χ0v) is 26.4. The van der Waals surface area contributed by atoms with Gasteiger partial charge in [-0.25, -0.2) is 22.9 Å². The Bertz CT molecular complexity index is 1730. The second-order valence-corrected chi connectivity index (χ2v) is 14.2. The lowest BCUT2D eigenvalue weighted by atomic mass is 9.87. The standard InChI is InChI=1S/C33H41N5O4S/c1-6-37-30(35-38(32(37)39)22-24-12-16-26(17-13-24)33(2,3)4)9-7-8-23-10-14-25(15-11-23)28-20-21-29(42-5)31(34-28)36-43(40,41)27-18-19-27/h10-17,20-21,27H,6-9,18-19,22H2,1-5H3,(H,34,36). The number of hydrogen-bond acceptors (Lipinski definition) is 6. The Hall–Kier alpha value is -3.92. The Kier molecular flexibility index (Phi) is 8.78. The van der Waals surface area contributed by atoms with Gasteiger partial charge in [0.05, 0.1) is 24.6 Å². The third kappa shape index (κ3) is 7.18. The van der Waals surface area contributed by atoms with Gasteiger partial charge >= 0.3 is 5.69 Å². The summed E-state index contributed by atoms with van der Waals surface area (Å²) in [4.78, 5) is 17.6. The summed E-state index contributed by atoms with van der Waals surface area (Å²) < 4.78 is 36.2. The van der Waals surface area contributed by atoms with Gasteiger partial charge in [-0.05, 0) is 66.8 Å². The molecule has 228 valence electrons. The van der Waals surface area contributed by atoms with Gasteiger partial charge in [-0.3, -0.25) is 9.29 Å². The summed E-state index contributed by atoms with van der Waals surface area (Å²) in [5.41, 5.74) is 5.03. The number of nitrogens with zero attached hydrogens (tertiary/aromatic N) is 4. The van der Waals surface area contributed by atoms with Crippen LogP contribution in [-0.2, 0) is 41.4 Å². The second-order valence-electron chi connectivity index (χ2n) is 12.2. The lowest BCUT2D eigenvalue weighted by Gasteiger charge is -2.19. The minimum absolute atomic E-state index is 0.0764. The third-order valence-corrected chi connectivity index (χ3v) is 9.69. The maximum absolute atomic E-state index is 13.0. The first-order valence-corrected chi connectivity index (χ1v) is 16.4. The Morgan fingerprint density at radius 1 is 0.953 bits per heavy atom. The zero-order chi connectivity index (χ0) is 30.8. The van der Waals surface area contributed by atoms with E-state index in [9.17, 15) is 13.2 Å². The van der Waals surface area contributed by atoms with Crippen LogP contribution in [0.15, 0.2) is 65.5 Å². The maximum atomic E-state index is 13.0. The number of sulfonamides is 1. The lowest BCUT2D eigenvalue weighted by Crippen LogP contribution is -2.25. The van der Waals surface area contributed by atoms with Crippen molar-refractivity contribution in [3.05, 3.63) is 93.7 Å². The number of ether oxygens (including phenoxy) is 1. The SMILES string of the molecule is CCn1c(CCCc2ccc(-c3ccc(OC)c(NS(=O)(=O)C4CC4)n3)cc2)nn(Cc2ccc(C(C)(C)C)cc2)c1=O. The number of benzene rings is 2. The average Bonchev–Trinajstić information content (AvgIpc) is 3.80. The van der Waals surface area contributed by atoms with Crippen LogP contribution < -0.4 is 15.1 Å². The minimum Gasteiger partial charge on any atom is -0.493 e. The van der Waals surface area contributed by atoms with E-state index in [1.165, 1.54) is 12.7 Å². The molecule has 2 heterocycles. The Morgan fingerprint density at radius 2 is 1.63 bits per heavy atom. The normalized spacial score (nSPS) is 13.7. The van der Waals surface area contributed by atoms with E-state index in [-0.39, 0.29) is 22.2 Å². The molecule has 5 rings (SSSR count). The maximum Gasteiger partial charge on any atom is 0.346 e. The molecule has 43 heavy (non-hydrogen) atoms. The fourth-order valence-corrected chi connectivity index (χ4v) is 6.45. The molecule has 1 fully saturated rings. The molecule has 0 saturated heterocycles. The number of aromatic nitrogens is 4. The fraction of sp³-hybridized carbons (Fsp3) is 0.424. The summed E-state index contributed by atoms with van der Waals surface area (Å²) in [6, 6.07) is 20.1. The molecule has 1 saturated carbocycles. The summed E-state index contributed by atoms with van der Waals surface area (Å²) in [6.45, 7) is 9.58. The summed E-state index contributed by atoms with van der Waals surface area (Å²) in [7, 11) is -1.96. The van der Waals surface area contributed by atoms with Crippen molar-refractivity contribution in [2.75, 3.05) is 11.8 Å². The molecule has 0 spiro atoms. The molecule has 0 unspecified atom stereocenters. The van der Waals surface area contributed by atoms with Crippen LogP contribution in [0.5, 0.6) is 5.75 Å². The molecular weight excluding hydrogens is 562 g/mol. The first-order chi connectivity index (χ1) is 20.5. The number of pyridine rings is 1. The molecule has 0 radical (unpaired) electrons. The van der Waals surface area contributed by atoms with E-state index in [1.807, 2.05) is 25.1 Å². The molecule has 10 heteroatoms. The van der Waals surface area contributed by atoms with Crippen LogP contribution in [0.25, 0.3) is 11.3 Å². The molecule has 0 bridgehead atoms. The molecule has 2 aromatic heterocycles. The van der Waals surface area contributed by atoms with E-state index in [1.54, 1.807) is 15.3 Å².